The van der Waals surface area contributed by atoms with Crippen LogP contribution in [-0.2, 0) is 14.8 Å². The molecule has 1 aliphatic rings. The average Bonchev–Trinajstić information content (AvgIpc) is 2.89. The standard InChI is InChI=1S/C20H31N3O3S/c1-3-4-6-11-16(2)22-19(24)14-7-5-10-15-21-20-17-12-8-9-13-18(17)27(25,26)23-20/h8-9,12-13,16H,3-7,10-11,14-15H2,1-2H3,(H,21,23)(H,22,24). The number of rotatable bonds is 11. The van der Waals surface area contributed by atoms with Gasteiger partial charge in [-0.2, -0.15) is 0 Å². The highest BCUT2D eigenvalue weighted by atomic mass is 32.2. The van der Waals surface area contributed by atoms with Gasteiger partial charge in [-0.1, -0.05) is 44.7 Å². The first kappa shape index (κ1) is 21.4. The summed E-state index contributed by atoms with van der Waals surface area (Å²) in [6, 6.07) is 7.10. The number of benzene rings is 1. The highest BCUT2D eigenvalue weighted by Crippen LogP contribution is 2.22. The molecule has 1 aromatic rings. The van der Waals surface area contributed by atoms with Crippen molar-refractivity contribution in [1.82, 2.24) is 10.0 Å². The monoisotopic (exact) mass is 393 g/mol. The van der Waals surface area contributed by atoms with Crippen LogP contribution in [0.1, 0.15) is 70.8 Å². The van der Waals surface area contributed by atoms with Gasteiger partial charge in [0.05, 0.1) is 4.90 Å². The number of amidine groups is 1. The summed E-state index contributed by atoms with van der Waals surface area (Å²) >= 11 is 0. The van der Waals surface area contributed by atoms with Crippen LogP contribution in [0, 0.1) is 0 Å². The average molecular weight is 394 g/mol. The summed E-state index contributed by atoms with van der Waals surface area (Å²) in [5.41, 5.74) is 0.633. The first-order chi connectivity index (χ1) is 12.9. The largest absolute Gasteiger partial charge is 0.354 e. The Labute approximate surface area is 162 Å². The zero-order valence-electron chi connectivity index (χ0n) is 16.3. The van der Waals surface area contributed by atoms with Crippen LogP contribution in [0.3, 0.4) is 0 Å². The molecule has 1 aliphatic heterocycles. The van der Waals surface area contributed by atoms with Crippen LogP contribution in [0.2, 0.25) is 0 Å². The van der Waals surface area contributed by atoms with E-state index in [9.17, 15) is 13.2 Å². The molecule has 0 aliphatic carbocycles. The number of aliphatic imine (C=N–C) groups is 1. The molecule has 6 nitrogen and oxygen atoms in total. The third kappa shape index (κ3) is 6.65. The van der Waals surface area contributed by atoms with Crippen LogP contribution in [0.25, 0.3) is 0 Å². The smallest absolute Gasteiger partial charge is 0.263 e. The Balaban J connectivity index is 1.65. The molecule has 1 atom stereocenters. The Morgan fingerprint density at radius 2 is 1.93 bits per heavy atom. The number of unbranched alkanes of at least 4 members (excludes halogenated alkanes) is 4. The predicted molar refractivity (Wildman–Crippen MR) is 108 cm³/mol. The van der Waals surface area contributed by atoms with Crippen LogP contribution in [-0.4, -0.2) is 32.7 Å². The number of hydrogen-bond acceptors (Lipinski definition) is 4. The minimum atomic E-state index is -3.47. The van der Waals surface area contributed by atoms with E-state index in [2.05, 4.69) is 28.9 Å². The molecular formula is C20H31N3O3S. The van der Waals surface area contributed by atoms with Gasteiger partial charge >= 0.3 is 0 Å². The maximum absolute atomic E-state index is 12.0. The third-order valence-corrected chi connectivity index (χ3v) is 6.04. The fourth-order valence-corrected chi connectivity index (χ4v) is 4.39. The van der Waals surface area contributed by atoms with Crippen molar-refractivity contribution in [3.63, 3.8) is 0 Å². The number of nitrogens with one attached hydrogen (secondary N) is 2. The Hall–Kier alpha value is -1.89. The Bertz CT molecular complexity index is 759. The lowest BCUT2D eigenvalue weighted by atomic mass is 10.1. The SMILES string of the molecule is CCCCCC(C)NC(=O)CCCCCN=C1NS(=O)(=O)c2ccccc21. The molecule has 150 valence electrons. The molecule has 0 radical (unpaired) electrons. The van der Waals surface area contributed by atoms with Crippen LogP contribution >= 0.6 is 0 Å². The molecule has 27 heavy (non-hydrogen) atoms. The summed E-state index contributed by atoms with van der Waals surface area (Å²) in [5, 5.41) is 3.05. The predicted octanol–water partition coefficient (Wildman–Crippen LogP) is 3.37. The van der Waals surface area contributed by atoms with Gasteiger partial charge in [0.25, 0.3) is 10.0 Å². The normalized spacial score (nSPS) is 17.3. The first-order valence-corrected chi connectivity index (χ1v) is 11.4. The molecule has 1 amide bonds. The lowest BCUT2D eigenvalue weighted by Gasteiger charge is -2.13. The molecule has 1 aromatic carbocycles. The van der Waals surface area contributed by atoms with Crippen molar-refractivity contribution in [3.8, 4) is 0 Å². The van der Waals surface area contributed by atoms with Crippen molar-refractivity contribution in [3.05, 3.63) is 29.8 Å². The van der Waals surface area contributed by atoms with Crippen LogP contribution in [0.4, 0.5) is 0 Å². The Kier molecular flexibility index (Phi) is 8.28. The number of hydrogen-bond donors (Lipinski definition) is 2. The minimum Gasteiger partial charge on any atom is -0.354 e. The maximum Gasteiger partial charge on any atom is 0.263 e. The molecule has 0 spiro atoms. The third-order valence-electron chi connectivity index (χ3n) is 4.64. The van der Waals surface area contributed by atoms with Crippen molar-refractivity contribution in [1.29, 1.82) is 0 Å². The van der Waals surface area contributed by atoms with Gasteiger partial charge in [-0.25, -0.2) is 8.42 Å². The lowest BCUT2D eigenvalue weighted by Crippen LogP contribution is -2.32. The molecule has 0 fully saturated rings. The quantitative estimate of drug-likeness (QED) is 0.565. The van der Waals surface area contributed by atoms with Crippen molar-refractivity contribution >= 4 is 21.8 Å². The van der Waals surface area contributed by atoms with Crippen molar-refractivity contribution in [2.45, 2.75) is 76.2 Å². The highest BCUT2D eigenvalue weighted by molar-refractivity contribution is 7.90. The summed E-state index contributed by atoms with van der Waals surface area (Å²) < 4.78 is 26.5. The zero-order chi connectivity index (χ0) is 19.7. The van der Waals surface area contributed by atoms with Crippen molar-refractivity contribution in [2.75, 3.05) is 6.54 Å². The van der Waals surface area contributed by atoms with Gasteiger partial charge in [-0.3, -0.25) is 14.5 Å². The van der Waals surface area contributed by atoms with Gasteiger partial charge in [0.1, 0.15) is 5.84 Å². The van der Waals surface area contributed by atoms with E-state index in [-0.39, 0.29) is 16.8 Å². The topological polar surface area (TPSA) is 87.6 Å². The van der Waals surface area contributed by atoms with Gasteiger partial charge < -0.3 is 5.32 Å². The molecule has 7 heteroatoms. The second kappa shape index (κ2) is 10.4. The number of nitrogens with zero attached hydrogens (tertiary/aromatic N) is 1. The summed E-state index contributed by atoms with van der Waals surface area (Å²) in [7, 11) is -3.47. The van der Waals surface area contributed by atoms with E-state index in [4.69, 9.17) is 0 Å². The van der Waals surface area contributed by atoms with Gasteiger partial charge in [-0.15, -0.1) is 0 Å². The lowest BCUT2D eigenvalue weighted by molar-refractivity contribution is -0.121. The summed E-state index contributed by atoms with van der Waals surface area (Å²) in [6.45, 7) is 4.78. The summed E-state index contributed by atoms with van der Waals surface area (Å²) in [6.07, 6.45) is 7.67. The molecule has 0 saturated heterocycles. The van der Waals surface area contributed by atoms with E-state index in [1.807, 2.05) is 0 Å². The zero-order valence-corrected chi connectivity index (χ0v) is 17.1. The summed E-state index contributed by atoms with van der Waals surface area (Å²) in [4.78, 5) is 16.6. The highest BCUT2D eigenvalue weighted by Gasteiger charge is 2.29. The fraction of sp³-hybridized carbons (Fsp3) is 0.600. The first-order valence-electron chi connectivity index (χ1n) is 9.90. The number of fused-ring (bicyclic) bond motifs is 1. The van der Waals surface area contributed by atoms with Crippen molar-refractivity contribution < 1.29 is 13.2 Å². The van der Waals surface area contributed by atoms with Crippen LogP contribution in [0.5, 0.6) is 0 Å². The van der Waals surface area contributed by atoms with Gasteiger partial charge in [-0.05, 0) is 38.3 Å². The second-order valence-corrected chi connectivity index (χ2v) is 8.76. The van der Waals surface area contributed by atoms with Crippen LogP contribution < -0.4 is 10.0 Å². The molecular weight excluding hydrogens is 362 g/mol. The Morgan fingerprint density at radius 1 is 1.15 bits per heavy atom. The van der Waals surface area contributed by atoms with Crippen LogP contribution in [0.15, 0.2) is 34.2 Å². The molecule has 0 saturated carbocycles. The molecule has 1 unspecified atom stereocenters. The maximum atomic E-state index is 12.0. The van der Waals surface area contributed by atoms with E-state index < -0.39 is 10.0 Å². The number of amides is 1. The molecule has 0 aromatic heterocycles. The van der Waals surface area contributed by atoms with Gasteiger partial charge in [0.2, 0.25) is 5.91 Å². The number of carbonyl (C=O) groups excluding carboxylic acids is 1. The van der Waals surface area contributed by atoms with E-state index in [0.717, 1.165) is 32.1 Å². The summed E-state index contributed by atoms with van der Waals surface area (Å²) in [5.74, 6) is 0.534. The molecule has 2 N–H and O–H groups in total. The van der Waals surface area contributed by atoms with E-state index >= 15 is 0 Å². The minimum absolute atomic E-state index is 0.114. The molecule has 0 bridgehead atoms. The van der Waals surface area contributed by atoms with Gasteiger partial charge in [0.15, 0.2) is 0 Å². The van der Waals surface area contributed by atoms with E-state index in [1.54, 1.807) is 24.3 Å². The van der Waals surface area contributed by atoms with Gasteiger partial charge in [0, 0.05) is 24.6 Å². The van der Waals surface area contributed by atoms with Crippen molar-refractivity contribution in [2.24, 2.45) is 4.99 Å². The Morgan fingerprint density at radius 3 is 2.70 bits per heavy atom. The van der Waals surface area contributed by atoms with E-state index in [1.165, 1.54) is 12.8 Å². The second-order valence-electron chi connectivity index (χ2n) is 7.11. The molecule has 2 rings (SSSR count). The number of sulfonamides is 1. The number of carbonyl (C=O) groups is 1. The fourth-order valence-electron chi connectivity index (χ4n) is 3.14. The molecule has 1 heterocycles. The van der Waals surface area contributed by atoms with E-state index in [0.29, 0.717) is 24.4 Å².